The maximum atomic E-state index is 6.21. The fraction of sp³-hybridized carbons (Fsp3) is 0.647. The van der Waals surface area contributed by atoms with E-state index in [2.05, 4.69) is 57.0 Å². The first-order chi connectivity index (χ1) is 8.99. The summed E-state index contributed by atoms with van der Waals surface area (Å²) in [5, 5.41) is 0. The Morgan fingerprint density at radius 2 is 2.11 bits per heavy atom. The number of aryl methyl sites for hydroxylation is 1. The molecular formula is C17H28N2. The predicted molar refractivity (Wildman–Crippen MR) is 83.5 cm³/mol. The SMILES string of the molecule is Cc1cccc(N(C)C2(CN)CCC(C)CC2C)c1. The summed E-state index contributed by atoms with van der Waals surface area (Å²) < 4.78 is 0. The van der Waals surface area contributed by atoms with E-state index in [0.29, 0.717) is 5.92 Å². The maximum Gasteiger partial charge on any atom is 0.0546 e. The van der Waals surface area contributed by atoms with E-state index in [0.717, 1.165) is 12.5 Å². The van der Waals surface area contributed by atoms with Crippen LogP contribution in [-0.4, -0.2) is 19.1 Å². The third kappa shape index (κ3) is 2.64. The molecule has 0 heterocycles. The zero-order valence-corrected chi connectivity index (χ0v) is 12.8. The van der Waals surface area contributed by atoms with E-state index in [4.69, 9.17) is 5.73 Å². The Kier molecular flexibility index (Phi) is 4.19. The van der Waals surface area contributed by atoms with Crippen LogP contribution in [0.3, 0.4) is 0 Å². The summed E-state index contributed by atoms with van der Waals surface area (Å²) in [6.45, 7) is 7.63. The third-order valence-electron chi connectivity index (χ3n) is 5.15. The standard InChI is InChI=1S/C17H28N2/c1-13-6-5-7-16(11-13)19(4)17(12-18)9-8-14(2)10-15(17)3/h5-7,11,14-15H,8-10,12,18H2,1-4H3. The molecule has 0 amide bonds. The molecule has 0 saturated heterocycles. The van der Waals surface area contributed by atoms with Crippen molar-refractivity contribution in [3.8, 4) is 0 Å². The van der Waals surface area contributed by atoms with Crippen LogP contribution in [0, 0.1) is 18.8 Å². The zero-order chi connectivity index (χ0) is 14.0. The lowest BCUT2D eigenvalue weighted by molar-refractivity contribution is 0.164. The third-order valence-corrected chi connectivity index (χ3v) is 5.15. The van der Waals surface area contributed by atoms with Crippen LogP contribution in [-0.2, 0) is 0 Å². The number of hydrogen-bond donors (Lipinski definition) is 1. The minimum atomic E-state index is 0.125. The van der Waals surface area contributed by atoms with Gasteiger partial charge in [0.15, 0.2) is 0 Å². The van der Waals surface area contributed by atoms with E-state index >= 15 is 0 Å². The van der Waals surface area contributed by atoms with Crippen LogP contribution in [0.5, 0.6) is 0 Å². The van der Waals surface area contributed by atoms with Gasteiger partial charge in [-0.1, -0.05) is 26.0 Å². The first kappa shape index (κ1) is 14.4. The second-order valence-electron chi connectivity index (χ2n) is 6.49. The van der Waals surface area contributed by atoms with Gasteiger partial charge in [0.05, 0.1) is 5.54 Å². The highest BCUT2D eigenvalue weighted by Gasteiger charge is 2.42. The highest BCUT2D eigenvalue weighted by Crippen LogP contribution is 2.41. The van der Waals surface area contributed by atoms with Crippen molar-refractivity contribution >= 4 is 5.69 Å². The topological polar surface area (TPSA) is 29.3 Å². The Hall–Kier alpha value is -1.02. The number of rotatable bonds is 3. The lowest BCUT2D eigenvalue weighted by Gasteiger charge is -2.51. The zero-order valence-electron chi connectivity index (χ0n) is 12.8. The van der Waals surface area contributed by atoms with Crippen molar-refractivity contribution in [2.45, 2.75) is 45.6 Å². The highest BCUT2D eigenvalue weighted by molar-refractivity contribution is 5.50. The van der Waals surface area contributed by atoms with Crippen molar-refractivity contribution in [2.75, 3.05) is 18.5 Å². The maximum absolute atomic E-state index is 6.21. The van der Waals surface area contributed by atoms with Gasteiger partial charge in [-0.05, 0) is 55.7 Å². The van der Waals surface area contributed by atoms with E-state index in [1.54, 1.807) is 0 Å². The van der Waals surface area contributed by atoms with Crippen LogP contribution in [0.4, 0.5) is 5.69 Å². The van der Waals surface area contributed by atoms with Crippen LogP contribution in [0.2, 0.25) is 0 Å². The van der Waals surface area contributed by atoms with Crippen LogP contribution in [0.15, 0.2) is 24.3 Å². The average Bonchev–Trinajstić information content (AvgIpc) is 2.39. The second kappa shape index (κ2) is 5.54. The van der Waals surface area contributed by atoms with Crippen molar-refractivity contribution in [1.82, 2.24) is 0 Å². The van der Waals surface area contributed by atoms with Crippen LogP contribution < -0.4 is 10.6 Å². The smallest absolute Gasteiger partial charge is 0.0546 e. The summed E-state index contributed by atoms with van der Waals surface area (Å²) >= 11 is 0. The molecule has 0 radical (unpaired) electrons. The molecule has 19 heavy (non-hydrogen) atoms. The average molecular weight is 260 g/mol. The quantitative estimate of drug-likeness (QED) is 0.900. The molecule has 0 spiro atoms. The summed E-state index contributed by atoms with van der Waals surface area (Å²) in [6, 6.07) is 8.76. The van der Waals surface area contributed by atoms with Crippen molar-refractivity contribution in [2.24, 2.45) is 17.6 Å². The number of likely N-dealkylation sites (N-methyl/N-ethyl adjacent to an activating group) is 1. The molecule has 1 aliphatic carbocycles. The van der Waals surface area contributed by atoms with E-state index in [-0.39, 0.29) is 5.54 Å². The van der Waals surface area contributed by atoms with Crippen LogP contribution >= 0.6 is 0 Å². The number of anilines is 1. The fourth-order valence-electron chi connectivity index (χ4n) is 3.72. The summed E-state index contributed by atoms with van der Waals surface area (Å²) in [4.78, 5) is 2.44. The molecule has 1 aromatic carbocycles. The molecule has 1 fully saturated rings. The van der Waals surface area contributed by atoms with Gasteiger partial charge in [-0.3, -0.25) is 0 Å². The van der Waals surface area contributed by atoms with Gasteiger partial charge in [0.1, 0.15) is 0 Å². The van der Waals surface area contributed by atoms with Crippen LogP contribution in [0.1, 0.15) is 38.7 Å². The Bertz CT molecular complexity index is 429. The Morgan fingerprint density at radius 1 is 1.37 bits per heavy atom. The van der Waals surface area contributed by atoms with E-state index in [9.17, 15) is 0 Å². The normalized spacial score (nSPS) is 31.2. The molecule has 106 valence electrons. The number of nitrogens with zero attached hydrogens (tertiary/aromatic N) is 1. The van der Waals surface area contributed by atoms with E-state index in [1.165, 1.54) is 30.5 Å². The summed E-state index contributed by atoms with van der Waals surface area (Å²) in [5.74, 6) is 1.48. The highest BCUT2D eigenvalue weighted by atomic mass is 15.2. The molecule has 0 bridgehead atoms. The molecule has 2 rings (SSSR count). The first-order valence-corrected chi connectivity index (χ1v) is 7.50. The predicted octanol–water partition coefficient (Wildman–Crippen LogP) is 3.58. The minimum Gasteiger partial charge on any atom is -0.367 e. The Balaban J connectivity index is 2.30. The van der Waals surface area contributed by atoms with Gasteiger partial charge >= 0.3 is 0 Å². The fourth-order valence-corrected chi connectivity index (χ4v) is 3.72. The van der Waals surface area contributed by atoms with E-state index < -0.39 is 0 Å². The summed E-state index contributed by atoms with van der Waals surface area (Å²) in [6.07, 6.45) is 3.78. The van der Waals surface area contributed by atoms with Crippen molar-refractivity contribution < 1.29 is 0 Å². The number of benzene rings is 1. The second-order valence-corrected chi connectivity index (χ2v) is 6.49. The molecule has 0 aliphatic heterocycles. The van der Waals surface area contributed by atoms with Crippen molar-refractivity contribution in [1.29, 1.82) is 0 Å². The molecule has 2 N–H and O–H groups in total. The molecule has 2 heteroatoms. The summed E-state index contributed by atoms with van der Waals surface area (Å²) in [5.41, 5.74) is 8.95. The molecule has 1 aliphatic rings. The summed E-state index contributed by atoms with van der Waals surface area (Å²) in [7, 11) is 2.22. The molecule has 1 aromatic rings. The Morgan fingerprint density at radius 3 is 2.68 bits per heavy atom. The van der Waals surface area contributed by atoms with Gasteiger partial charge in [-0.2, -0.15) is 0 Å². The van der Waals surface area contributed by atoms with Gasteiger partial charge in [0.25, 0.3) is 0 Å². The van der Waals surface area contributed by atoms with Gasteiger partial charge in [-0.15, -0.1) is 0 Å². The lowest BCUT2D eigenvalue weighted by atomic mass is 9.69. The molecular weight excluding hydrogens is 232 g/mol. The Labute approximate surface area is 118 Å². The number of nitrogens with two attached hydrogens (primary N) is 1. The van der Waals surface area contributed by atoms with Gasteiger partial charge in [0, 0.05) is 19.3 Å². The van der Waals surface area contributed by atoms with Crippen molar-refractivity contribution in [3.05, 3.63) is 29.8 Å². The molecule has 0 aromatic heterocycles. The number of hydrogen-bond acceptors (Lipinski definition) is 2. The first-order valence-electron chi connectivity index (χ1n) is 7.50. The molecule has 1 saturated carbocycles. The lowest BCUT2D eigenvalue weighted by Crippen LogP contribution is -2.59. The largest absolute Gasteiger partial charge is 0.367 e. The molecule has 3 atom stereocenters. The van der Waals surface area contributed by atoms with Crippen LogP contribution in [0.25, 0.3) is 0 Å². The van der Waals surface area contributed by atoms with Gasteiger partial charge < -0.3 is 10.6 Å². The van der Waals surface area contributed by atoms with Gasteiger partial charge in [-0.25, -0.2) is 0 Å². The van der Waals surface area contributed by atoms with Gasteiger partial charge in [0.2, 0.25) is 0 Å². The monoisotopic (exact) mass is 260 g/mol. The van der Waals surface area contributed by atoms with E-state index in [1.807, 2.05) is 0 Å². The molecule has 2 nitrogen and oxygen atoms in total. The van der Waals surface area contributed by atoms with Crippen molar-refractivity contribution in [3.63, 3.8) is 0 Å². The minimum absolute atomic E-state index is 0.125. The molecule has 3 unspecified atom stereocenters.